The second kappa shape index (κ2) is 7.53. The molecule has 0 aromatic heterocycles. The van der Waals surface area contributed by atoms with Crippen LogP contribution in [0.15, 0.2) is 23.4 Å². The predicted molar refractivity (Wildman–Crippen MR) is 95.9 cm³/mol. The summed E-state index contributed by atoms with van der Waals surface area (Å²) in [7, 11) is 2.39. The molecule has 3 rings (SSSR count). The predicted octanol–water partition coefficient (Wildman–Crippen LogP) is 0.933. The van der Waals surface area contributed by atoms with Crippen molar-refractivity contribution in [3.05, 3.63) is 39.1 Å². The first-order valence-electron chi connectivity index (χ1n) is 8.87. The van der Waals surface area contributed by atoms with E-state index in [1.165, 1.54) is 20.3 Å². The van der Waals surface area contributed by atoms with Crippen LogP contribution in [0.25, 0.3) is 0 Å². The molecule has 0 bridgehead atoms. The molecule has 1 N–H and O–H groups in total. The van der Waals surface area contributed by atoms with Crippen molar-refractivity contribution in [1.82, 2.24) is 5.32 Å². The number of allylic oxidation sites excluding steroid dienone is 2. The summed E-state index contributed by atoms with van der Waals surface area (Å²) in [5.41, 5.74) is 0.0977. The number of hydrogen-bond acceptors (Lipinski definition) is 8. The van der Waals surface area contributed by atoms with Crippen LogP contribution in [0.3, 0.4) is 0 Å². The number of nitro groups is 1. The number of carbonyl (C=O) groups is 3. The average Bonchev–Trinajstić information content (AvgIpc) is 2.66. The Kier molecular flexibility index (Phi) is 5.27. The van der Waals surface area contributed by atoms with Crippen molar-refractivity contribution in [1.29, 1.82) is 0 Å². The topological polar surface area (TPSA) is 148 Å². The molecule has 10 heteroatoms. The molecule has 1 amide bonds. The molecule has 1 aliphatic carbocycles. The second-order valence-electron chi connectivity index (χ2n) is 7.07. The molecule has 0 unspecified atom stereocenters. The molecule has 1 aliphatic heterocycles. The van der Waals surface area contributed by atoms with Gasteiger partial charge in [0.2, 0.25) is 5.91 Å². The minimum Gasteiger partial charge on any atom is -0.865 e. The molecule has 10 nitrogen and oxygen atoms in total. The number of nitrogens with one attached hydrogen (secondary N) is 1. The minimum atomic E-state index is -1.04. The number of benzene rings is 1. The number of amides is 1. The summed E-state index contributed by atoms with van der Waals surface area (Å²) in [6.45, 7) is 1.71. The SMILES string of the molecule is COC(=O)[C@H]1C(=O)C2=C(C[C@H]1C)NC(=O)C[C@H]2c1cc(OC)c([O-])c([N+](=O)[O-])c1. The van der Waals surface area contributed by atoms with Crippen LogP contribution in [0.5, 0.6) is 11.5 Å². The molecule has 0 saturated carbocycles. The average molecular weight is 403 g/mol. The van der Waals surface area contributed by atoms with Gasteiger partial charge in [0.05, 0.1) is 19.1 Å². The molecule has 1 aromatic carbocycles. The van der Waals surface area contributed by atoms with E-state index in [9.17, 15) is 29.6 Å². The van der Waals surface area contributed by atoms with Gasteiger partial charge >= 0.3 is 5.97 Å². The Morgan fingerprint density at radius 1 is 1.24 bits per heavy atom. The third-order valence-corrected chi connectivity index (χ3v) is 5.33. The van der Waals surface area contributed by atoms with Gasteiger partial charge in [-0.2, -0.15) is 0 Å². The van der Waals surface area contributed by atoms with E-state index in [1.807, 2.05) is 0 Å². The molecule has 0 fully saturated rings. The molecular weight excluding hydrogens is 384 g/mol. The van der Waals surface area contributed by atoms with Crippen LogP contribution in [0.1, 0.15) is 31.2 Å². The highest BCUT2D eigenvalue weighted by atomic mass is 16.6. The van der Waals surface area contributed by atoms with Crippen molar-refractivity contribution in [2.24, 2.45) is 11.8 Å². The molecule has 0 saturated heterocycles. The highest BCUT2D eigenvalue weighted by molar-refractivity contribution is 6.11. The fourth-order valence-corrected chi connectivity index (χ4v) is 3.98. The number of carbonyl (C=O) groups excluding carboxylic acids is 3. The van der Waals surface area contributed by atoms with Gasteiger partial charge in [-0.3, -0.25) is 24.5 Å². The summed E-state index contributed by atoms with van der Waals surface area (Å²) >= 11 is 0. The van der Waals surface area contributed by atoms with Crippen LogP contribution < -0.4 is 15.2 Å². The molecule has 2 aliphatic rings. The highest BCUT2D eigenvalue weighted by Gasteiger charge is 2.45. The van der Waals surface area contributed by atoms with E-state index < -0.39 is 39.9 Å². The summed E-state index contributed by atoms with van der Waals surface area (Å²) < 4.78 is 9.71. The highest BCUT2D eigenvalue weighted by Crippen LogP contribution is 2.45. The number of ketones is 1. The maximum atomic E-state index is 13.2. The summed E-state index contributed by atoms with van der Waals surface area (Å²) in [6.07, 6.45) is 0.104. The zero-order valence-corrected chi connectivity index (χ0v) is 16.0. The van der Waals surface area contributed by atoms with Gasteiger partial charge in [0.1, 0.15) is 11.7 Å². The van der Waals surface area contributed by atoms with E-state index in [0.717, 1.165) is 6.07 Å². The van der Waals surface area contributed by atoms with Gasteiger partial charge in [-0.1, -0.05) is 6.92 Å². The number of rotatable bonds is 4. The van der Waals surface area contributed by atoms with Gasteiger partial charge in [0, 0.05) is 35.4 Å². The van der Waals surface area contributed by atoms with Crippen LogP contribution in [-0.2, 0) is 19.1 Å². The van der Waals surface area contributed by atoms with Gasteiger partial charge in [0.15, 0.2) is 5.78 Å². The lowest BCUT2D eigenvalue weighted by molar-refractivity contribution is -0.398. The first-order chi connectivity index (χ1) is 13.7. The lowest BCUT2D eigenvalue weighted by Gasteiger charge is -2.36. The third-order valence-electron chi connectivity index (χ3n) is 5.33. The lowest BCUT2D eigenvalue weighted by atomic mass is 9.70. The summed E-state index contributed by atoms with van der Waals surface area (Å²) in [5.74, 6) is -4.97. The van der Waals surface area contributed by atoms with Crippen molar-refractivity contribution in [2.45, 2.75) is 25.7 Å². The Morgan fingerprint density at radius 3 is 2.52 bits per heavy atom. The summed E-state index contributed by atoms with van der Waals surface area (Å²) in [5, 5.41) is 26.1. The molecular formula is C19H19N2O8-. The second-order valence-corrected chi connectivity index (χ2v) is 7.07. The van der Waals surface area contributed by atoms with E-state index in [-0.39, 0.29) is 41.6 Å². The number of hydrogen-bond donors (Lipinski definition) is 1. The zero-order chi connectivity index (χ0) is 21.5. The molecule has 1 aromatic rings. The van der Waals surface area contributed by atoms with Crippen LogP contribution in [0, 0.1) is 22.0 Å². The summed E-state index contributed by atoms with van der Waals surface area (Å²) in [4.78, 5) is 48.0. The van der Waals surface area contributed by atoms with Gasteiger partial charge in [-0.05, 0) is 24.0 Å². The Hall–Kier alpha value is -3.43. The normalized spacial score (nSPS) is 23.9. The Labute approximate surface area is 165 Å². The van der Waals surface area contributed by atoms with E-state index in [4.69, 9.17) is 9.47 Å². The van der Waals surface area contributed by atoms with E-state index >= 15 is 0 Å². The number of esters is 1. The van der Waals surface area contributed by atoms with E-state index in [2.05, 4.69) is 5.32 Å². The number of nitrogens with zero attached hydrogens (tertiary/aromatic N) is 1. The van der Waals surface area contributed by atoms with Crippen molar-refractivity contribution < 1.29 is 33.9 Å². The van der Waals surface area contributed by atoms with Crippen LogP contribution in [0.4, 0.5) is 5.69 Å². The van der Waals surface area contributed by atoms with Gasteiger partial charge < -0.3 is 19.9 Å². The Morgan fingerprint density at radius 2 is 1.93 bits per heavy atom. The minimum absolute atomic E-state index is 0.161. The number of methoxy groups -OCH3 is 2. The lowest BCUT2D eigenvalue weighted by Crippen LogP contribution is -2.44. The third kappa shape index (κ3) is 3.41. The summed E-state index contributed by atoms with van der Waals surface area (Å²) in [6, 6.07) is 2.35. The van der Waals surface area contributed by atoms with Crippen molar-refractivity contribution >= 4 is 23.3 Å². The quantitative estimate of drug-likeness (QED) is 0.338. The fraction of sp³-hybridized carbons (Fsp3) is 0.421. The van der Waals surface area contributed by atoms with Crippen LogP contribution in [0.2, 0.25) is 0 Å². The standard InChI is InChI=1S/C19H20N2O8/c1-8-4-11-16(18(24)15(8)19(25)29-3)10(7-14(22)20-11)9-5-12(21(26)27)17(23)13(6-9)28-2/h5-6,8,10,15,23H,4,7H2,1-3H3,(H,20,22)/p-1/t8-,10+,15-/m1/s1. The monoisotopic (exact) mass is 403 g/mol. The maximum Gasteiger partial charge on any atom is 0.316 e. The number of Topliss-reactive ketones (excluding diaryl/α,β-unsaturated/α-hetero) is 1. The Balaban J connectivity index is 2.17. The smallest absolute Gasteiger partial charge is 0.316 e. The van der Waals surface area contributed by atoms with Gasteiger partial charge in [0.25, 0.3) is 5.69 Å². The van der Waals surface area contributed by atoms with Crippen LogP contribution >= 0.6 is 0 Å². The molecule has 29 heavy (non-hydrogen) atoms. The van der Waals surface area contributed by atoms with Crippen molar-refractivity contribution in [3.8, 4) is 11.5 Å². The molecule has 0 radical (unpaired) electrons. The molecule has 0 spiro atoms. The maximum absolute atomic E-state index is 13.2. The largest absolute Gasteiger partial charge is 0.865 e. The number of nitro benzene ring substituents is 1. The Bertz CT molecular complexity index is 952. The van der Waals surface area contributed by atoms with Crippen molar-refractivity contribution in [3.63, 3.8) is 0 Å². The molecule has 1 heterocycles. The van der Waals surface area contributed by atoms with E-state index in [0.29, 0.717) is 5.70 Å². The van der Waals surface area contributed by atoms with E-state index in [1.54, 1.807) is 6.92 Å². The first-order valence-corrected chi connectivity index (χ1v) is 8.87. The molecule has 154 valence electrons. The van der Waals surface area contributed by atoms with Gasteiger partial charge in [-0.15, -0.1) is 0 Å². The van der Waals surface area contributed by atoms with Crippen LogP contribution in [-0.4, -0.2) is 36.8 Å². The number of ether oxygens (including phenoxy) is 2. The zero-order valence-electron chi connectivity index (χ0n) is 16.0. The van der Waals surface area contributed by atoms with Gasteiger partial charge in [-0.25, -0.2) is 0 Å². The first kappa shape index (κ1) is 20.3. The molecule has 3 atom stereocenters. The van der Waals surface area contributed by atoms with Crippen molar-refractivity contribution in [2.75, 3.05) is 14.2 Å². The fourth-order valence-electron chi connectivity index (χ4n) is 3.98.